The van der Waals surface area contributed by atoms with Crippen LogP contribution in [0.4, 0.5) is 5.69 Å². The van der Waals surface area contributed by atoms with Crippen molar-refractivity contribution in [2.75, 3.05) is 25.8 Å². The van der Waals surface area contributed by atoms with Crippen molar-refractivity contribution in [3.8, 4) is 11.5 Å². The first kappa shape index (κ1) is 17.7. The smallest absolute Gasteiger partial charge is 0.228 e. The molecule has 0 aliphatic carbocycles. The van der Waals surface area contributed by atoms with Gasteiger partial charge < -0.3 is 14.8 Å². The van der Waals surface area contributed by atoms with Crippen molar-refractivity contribution in [3.05, 3.63) is 46.4 Å². The molecule has 122 valence electrons. The van der Waals surface area contributed by atoms with Crippen LogP contribution in [0.3, 0.4) is 0 Å². The average Bonchev–Trinajstić information content (AvgIpc) is 2.56. The van der Waals surface area contributed by atoms with Gasteiger partial charge in [-0.15, -0.1) is 11.8 Å². The predicted octanol–water partition coefficient (Wildman–Crippen LogP) is 4.37. The standard InChI is InChI=1S/C17H18BrNO3S/c1-21-15-7-11(14(18)10-16(15)22-2)8-17(20)19-12-5-4-6-13(9-12)23-3/h4-7,9-10H,8H2,1-3H3,(H,19,20). The van der Waals surface area contributed by atoms with Gasteiger partial charge in [-0.1, -0.05) is 22.0 Å². The number of ether oxygens (including phenoxy) is 2. The summed E-state index contributed by atoms with van der Waals surface area (Å²) >= 11 is 5.11. The molecule has 0 saturated heterocycles. The molecule has 0 bridgehead atoms. The van der Waals surface area contributed by atoms with E-state index in [-0.39, 0.29) is 12.3 Å². The summed E-state index contributed by atoms with van der Waals surface area (Å²) < 4.78 is 11.3. The summed E-state index contributed by atoms with van der Waals surface area (Å²) in [6.45, 7) is 0. The van der Waals surface area contributed by atoms with Crippen LogP contribution >= 0.6 is 27.7 Å². The van der Waals surface area contributed by atoms with Gasteiger partial charge in [0.05, 0.1) is 20.6 Å². The van der Waals surface area contributed by atoms with Crippen molar-refractivity contribution in [2.45, 2.75) is 11.3 Å². The monoisotopic (exact) mass is 395 g/mol. The maximum Gasteiger partial charge on any atom is 0.228 e. The molecule has 0 heterocycles. The molecule has 0 fully saturated rings. The van der Waals surface area contributed by atoms with Crippen LogP contribution in [0, 0.1) is 0 Å². The third kappa shape index (κ3) is 4.65. The van der Waals surface area contributed by atoms with Crippen molar-refractivity contribution in [1.82, 2.24) is 0 Å². The minimum absolute atomic E-state index is 0.0869. The van der Waals surface area contributed by atoms with Crippen LogP contribution in [0.25, 0.3) is 0 Å². The Balaban J connectivity index is 2.13. The van der Waals surface area contributed by atoms with Crippen molar-refractivity contribution in [1.29, 1.82) is 0 Å². The normalized spacial score (nSPS) is 10.3. The molecule has 0 aliphatic heterocycles. The lowest BCUT2D eigenvalue weighted by atomic mass is 10.1. The molecule has 0 aliphatic rings. The SMILES string of the molecule is COc1cc(Br)c(CC(=O)Nc2cccc(SC)c2)cc1OC. The first-order valence-corrected chi connectivity index (χ1v) is 8.93. The second kappa shape index (κ2) is 8.26. The first-order chi connectivity index (χ1) is 11.1. The van der Waals surface area contributed by atoms with Crippen molar-refractivity contribution in [3.63, 3.8) is 0 Å². The number of hydrogen-bond donors (Lipinski definition) is 1. The quantitative estimate of drug-likeness (QED) is 0.737. The molecule has 0 aromatic heterocycles. The summed E-state index contributed by atoms with van der Waals surface area (Å²) in [4.78, 5) is 13.4. The topological polar surface area (TPSA) is 47.6 Å². The van der Waals surface area contributed by atoms with E-state index in [4.69, 9.17) is 9.47 Å². The maximum atomic E-state index is 12.3. The van der Waals surface area contributed by atoms with E-state index in [0.717, 1.165) is 20.6 Å². The molecule has 0 spiro atoms. The molecule has 1 amide bonds. The molecular formula is C17H18BrNO3S. The Hall–Kier alpha value is -1.66. The second-order valence-corrected chi connectivity index (χ2v) is 6.49. The number of amides is 1. The van der Waals surface area contributed by atoms with E-state index in [1.54, 1.807) is 38.1 Å². The summed E-state index contributed by atoms with van der Waals surface area (Å²) in [5, 5.41) is 2.91. The van der Waals surface area contributed by atoms with Gasteiger partial charge in [-0.2, -0.15) is 0 Å². The number of halogens is 1. The van der Waals surface area contributed by atoms with Gasteiger partial charge in [0, 0.05) is 15.1 Å². The Morgan fingerprint density at radius 3 is 2.52 bits per heavy atom. The van der Waals surface area contributed by atoms with Gasteiger partial charge in [0.25, 0.3) is 0 Å². The van der Waals surface area contributed by atoms with Gasteiger partial charge in [-0.05, 0) is 42.2 Å². The lowest BCUT2D eigenvalue weighted by Gasteiger charge is -2.12. The molecule has 0 radical (unpaired) electrons. The number of hydrogen-bond acceptors (Lipinski definition) is 4. The van der Waals surface area contributed by atoms with Crippen LogP contribution in [-0.2, 0) is 11.2 Å². The Kier molecular flexibility index (Phi) is 6.36. The highest BCUT2D eigenvalue weighted by molar-refractivity contribution is 9.10. The number of anilines is 1. The highest BCUT2D eigenvalue weighted by Crippen LogP contribution is 2.33. The summed E-state index contributed by atoms with van der Waals surface area (Å²) in [6.07, 6.45) is 2.24. The van der Waals surface area contributed by atoms with E-state index in [0.29, 0.717) is 11.5 Å². The number of carbonyl (C=O) groups is 1. The zero-order valence-electron chi connectivity index (χ0n) is 13.2. The third-order valence-electron chi connectivity index (χ3n) is 3.26. The molecule has 6 heteroatoms. The van der Waals surface area contributed by atoms with Crippen molar-refractivity contribution >= 4 is 39.3 Å². The molecule has 1 N–H and O–H groups in total. The fraction of sp³-hybridized carbons (Fsp3) is 0.235. The zero-order valence-corrected chi connectivity index (χ0v) is 15.6. The minimum Gasteiger partial charge on any atom is -0.493 e. The van der Waals surface area contributed by atoms with Gasteiger partial charge in [0.1, 0.15) is 0 Å². The molecule has 0 saturated carbocycles. The van der Waals surface area contributed by atoms with Crippen LogP contribution in [0.1, 0.15) is 5.56 Å². The van der Waals surface area contributed by atoms with Crippen molar-refractivity contribution in [2.24, 2.45) is 0 Å². The number of carbonyl (C=O) groups excluding carboxylic acids is 1. The molecular weight excluding hydrogens is 378 g/mol. The number of rotatable bonds is 6. The van der Waals surface area contributed by atoms with E-state index in [2.05, 4.69) is 21.2 Å². The largest absolute Gasteiger partial charge is 0.493 e. The fourth-order valence-electron chi connectivity index (χ4n) is 2.11. The van der Waals surface area contributed by atoms with Gasteiger partial charge in [-0.3, -0.25) is 4.79 Å². The summed E-state index contributed by atoms with van der Waals surface area (Å²) in [5.41, 5.74) is 1.62. The van der Waals surface area contributed by atoms with Crippen LogP contribution in [0.15, 0.2) is 45.8 Å². The lowest BCUT2D eigenvalue weighted by molar-refractivity contribution is -0.115. The summed E-state index contributed by atoms with van der Waals surface area (Å²) in [7, 11) is 3.15. The van der Waals surface area contributed by atoms with E-state index < -0.39 is 0 Å². The Bertz CT molecular complexity index is 706. The molecule has 2 aromatic rings. The van der Waals surface area contributed by atoms with Gasteiger partial charge in [-0.25, -0.2) is 0 Å². The Labute approximate surface area is 148 Å². The van der Waals surface area contributed by atoms with Gasteiger partial charge in [0.15, 0.2) is 11.5 Å². The van der Waals surface area contributed by atoms with Crippen LogP contribution in [0.2, 0.25) is 0 Å². The van der Waals surface area contributed by atoms with E-state index in [1.807, 2.05) is 30.5 Å². The van der Waals surface area contributed by atoms with Gasteiger partial charge >= 0.3 is 0 Å². The fourth-order valence-corrected chi connectivity index (χ4v) is 3.03. The van der Waals surface area contributed by atoms with Crippen LogP contribution in [0.5, 0.6) is 11.5 Å². The molecule has 0 atom stereocenters. The maximum absolute atomic E-state index is 12.3. The van der Waals surface area contributed by atoms with E-state index >= 15 is 0 Å². The molecule has 2 aromatic carbocycles. The predicted molar refractivity (Wildman–Crippen MR) is 97.8 cm³/mol. The third-order valence-corrected chi connectivity index (χ3v) is 4.72. The van der Waals surface area contributed by atoms with Crippen LogP contribution in [-0.4, -0.2) is 26.4 Å². The van der Waals surface area contributed by atoms with Gasteiger partial charge in [0.2, 0.25) is 5.91 Å². The Morgan fingerprint density at radius 1 is 1.17 bits per heavy atom. The second-order valence-electron chi connectivity index (χ2n) is 4.76. The molecule has 0 unspecified atom stereocenters. The lowest BCUT2D eigenvalue weighted by Crippen LogP contribution is -2.14. The minimum atomic E-state index is -0.0869. The summed E-state index contributed by atoms with van der Waals surface area (Å²) in [6, 6.07) is 11.4. The van der Waals surface area contributed by atoms with E-state index in [9.17, 15) is 4.79 Å². The van der Waals surface area contributed by atoms with E-state index in [1.165, 1.54) is 0 Å². The van der Waals surface area contributed by atoms with Crippen LogP contribution < -0.4 is 14.8 Å². The molecule has 23 heavy (non-hydrogen) atoms. The number of nitrogens with one attached hydrogen (secondary N) is 1. The molecule has 2 rings (SSSR count). The number of benzene rings is 2. The average molecular weight is 396 g/mol. The van der Waals surface area contributed by atoms with Crippen molar-refractivity contribution < 1.29 is 14.3 Å². The number of methoxy groups -OCH3 is 2. The number of thioether (sulfide) groups is 1. The first-order valence-electron chi connectivity index (χ1n) is 6.91. The highest BCUT2D eigenvalue weighted by atomic mass is 79.9. The summed E-state index contributed by atoms with van der Waals surface area (Å²) in [5.74, 6) is 1.13. The highest BCUT2D eigenvalue weighted by Gasteiger charge is 2.13. The zero-order chi connectivity index (χ0) is 16.8. The molecule has 4 nitrogen and oxygen atoms in total. The Morgan fingerprint density at radius 2 is 1.87 bits per heavy atom.